The molecule has 0 aliphatic heterocycles. The molecule has 1 nitrogen and oxygen atoms in total. The van der Waals surface area contributed by atoms with Crippen LogP contribution in [-0.4, -0.2) is 13.2 Å². The van der Waals surface area contributed by atoms with Gasteiger partial charge in [0.2, 0.25) is 0 Å². The second kappa shape index (κ2) is 7.08. The van der Waals surface area contributed by atoms with E-state index >= 15 is 0 Å². The Labute approximate surface area is 56.4 Å². The molecule has 0 spiro atoms. The standard InChI is InChI=1S/C8H10O/c1-3-5-7-9-8-6-4-2/h7-8H2,1-2H3. The summed E-state index contributed by atoms with van der Waals surface area (Å²) in [5, 5.41) is 0. The minimum absolute atomic E-state index is 0.491. The molecule has 0 aromatic carbocycles. The van der Waals surface area contributed by atoms with Gasteiger partial charge in [0.15, 0.2) is 0 Å². The molecule has 9 heavy (non-hydrogen) atoms. The van der Waals surface area contributed by atoms with E-state index in [0.717, 1.165) is 0 Å². The van der Waals surface area contributed by atoms with Crippen molar-refractivity contribution in [3.05, 3.63) is 0 Å². The fraction of sp³-hybridized carbons (Fsp3) is 0.500. The van der Waals surface area contributed by atoms with Gasteiger partial charge in [0.05, 0.1) is 0 Å². The van der Waals surface area contributed by atoms with Crippen molar-refractivity contribution >= 4 is 0 Å². The van der Waals surface area contributed by atoms with E-state index in [1.54, 1.807) is 13.8 Å². The van der Waals surface area contributed by atoms with Gasteiger partial charge >= 0.3 is 0 Å². The lowest BCUT2D eigenvalue weighted by Gasteiger charge is -1.87. The lowest BCUT2D eigenvalue weighted by Crippen LogP contribution is -1.90. The van der Waals surface area contributed by atoms with Crippen molar-refractivity contribution in [2.24, 2.45) is 0 Å². The highest BCUT2D eigenvalue weighted by Crippen LogP contribution is 1.68. The molecular weight excluding hydrogens is 112 g/mol. The van der Waals surface area contributed by atoms with E-state index in [0.29, 0.717) is 13.2 Å². The summed E-state index contributed by atoms with van der Waals surface area (Å²) in [6.07, 6.45) is 0. The van der Waals surface area contributed by atoms with Crippen molar-refractivity contribution in [2.45, 2.75) is 13.8 Å². The van der Waals surface area contributed by atoms with Gasteiger partial charge in [0, 0.05) is 0 Å². The van der Waals surface area contributed by atoms with Gasteiger partial charge in [-0.05, 0) is 13.8 Å². The summed E-state index contributed by atoms with van der Waals surface area (Å²) in [6, 6.07) is 0. The second-order valence-electron chi connectivity index (χ2n) is 1.35. The Kier molecular flexibility index (Phi) is 6.36. The summed E-state index contributed by atoms with van der Waals surface area (Å²) in [5.74, 6) is 11.0. The van der Waals surface area contributed by atoms with Crippen LogP contribution in [0.3, 0.4) is 0 Å². The molecule has 48 valence electrons. The Balaban J connectivity index is 3.04. The maximum absolute atomic E-state index is 4.97. The van der Waals surface area contributed by atoms with Crippen molar-refractivity contribution in [1.29, 1.82) is 0 Å². The quantitative estimate of drug-likeness (QED) is 0.393. The fourth-order valence-corrected chi connectivity index (χ4v) is 0.297. The molecule has 0 rings (SSSR count). The first-order chi connectivity index (χ1) is 4.41. The molecule has 0 saturated heterocycles. The van der Waals surface area contributed by atoms with Crippen LogP contribution < -0.4 is 0 Å². The number of rotatable bonds is 2. The monoisotopic (exact) mass is 122 g/mol. The van der Waals surface area contributed by atoms with Crippen molar-refractivity contribution < 1.29 is 4.74 Å². The van der Waals surface area contributed by atoms with Crippen LogP contribution in [0.4, 0.5) is 0 Å². The predicted molar refractivity (Wildman–Crippen MR) is 37.7 cm³/mol. The summed E-state index contributed by atoms with van der Waals surface area (Å²) in [7, 11) is 0. The topological polar surface area (TPSA) is 9.23 Å². The number of hydrogen-bond donors (Lipinski definition) is 0. The van der Waals surface area contributed by atoms with Crippen molar-refractivity contribution in [3.8, 4) is 23.7 Å². The van der Waals surface area contributed by atoms with Gasteiger partial charge < -0.3 is 4.74 Å². The zero-order chi connectivity index (χ0) is 6.95. The van der Waals surface area contributed by atoms with Gasteiger partial charge in [-0.2, -0.15) is 0 Å². The van der Waals surface area contributed by atoms with E-state index in [4.69, 9.17) is 4.74 Å². The van der Waals surface area contributed by atoms with Gasteiger partial charge in [-0.3, -0.25) is 0 Å². The Hall–Kier alpha value is -0.920. The molecule has 0 aliphatic carbocycles. The summed E-state index contributed by atoms with van der Waals surface area (Å²) >= 11 is 0. The van der Waals surface area contributed by atoms with Crippen molar-refractivity contribution in [3.63, 3.8) is 0 Å². The summed E-state index contributed by atoms with van der Waals surface area (Å²) in [6.45, 7) is 4.56. The van der Waals surface area contributed by atoms with Crippen LogP contribution in [0.25, 0.3) is 0 Å². The van der Waals surface area contributed by atoms with Gasteiger partial charge in [0.25, 0.3) is 0 Å². The lowest BCUT2D eigenvalue weighted by molar-refractivity contribution is 0.204. The Morgan fingerprint density at radius 3 is 1.78 bits per heavy atom. The first kappa shape index (κ1) is 8.08. The highest BCUT2D eigenvalue weighted by Gasteiger charge is 1.73. The third-order valence-corrected chi connectivity index (χ3v) is 0.702. The van der Waals surface area contributed by atoms with E-state index in [9.17, 15) is 0 Å². The Morgan fingerprint density at radius 1 is 1.00 bits per heavy atom. The molecule has 0 atom stereocenters. The first-order valence-corrected chi connectivity index (χ1v) is 2.78. The molecule has 0 aromatic rings. The van der Waals surface area contributed by atoms with Gasteiger partial charge in [-0.1, -0.05) is 11.8 Å². The average molecular weight is 122 g/mol. The zero-order valence-corrected chi connectivity index (χ0v) is 5.82. The van der Waals surface area contributed by atoms with Gasteiger partial charge in [-0.15, -0.1) is 11.8 Å². The van der Waals surface area contributed by atoms with Crippen molar-refractivity contribution in [1.82, 2.24) is 0 Å². The second-order valence-corrected chi connectivity index (χ2v) is 1.35. The van der Waals surface area contributed by atoms with Crippen LogP contribution in [0, 0.1) is 23.7 Å². The van der Waals surface area contributed by atoms with Crippen LogP contribution in [-0.2, 0) is 4.74 Å². The highest BCUT2D eigenvalue weighted by atomic mass is 16.5. The Bertz CT molecular complexity index is 140. The maximum atomic E-state index is 4.97. The third-order valence-electron chi connectivity index (χ3n) is 0.702. The summed E-state index contributed by atoms with van der Waals surface area (Å²) in [5.41, 5.74) is 0. The normalized spacial score (nSPS) is 6.44. The lowest BCUT2D eigenvalue weighted by atomic mass is 10.6. The summed E-state index contributed by atoms with van der Waals surface area (Å²) in [4.78, 5) is 0. The molecule has 0 heterocycles. The van der Waals surface area contributed by atoms with E-state index < -0.39 is 0 Å². The largest absolute Gasteiger partial charge is 0.356 e. The smallest absolute Gasteiger partial charge is 0.109 e. The predicted octanol–water partition coefficient (Wildman–Crippen LogP) is 1.05. The highest BCUT2D eigenvalue weighted by molar-refractivity contribution is 4.97. The summed E-state index contributed by atoms with van der Waals surface area (Å²) < 4.78 is 4.97. The van der Waals surface area contributed by atoms with E-state index in [1.807, 2.05) is 0 Å². The molecule has 0 aromatic heterocycles. The Morgan fingerprint density at radius 2 is 1.44 bits per heavy atom. The van der Waals surface area contributed by atoms with Crippen LogP contribution >= 0.6 is 0 Å². The zero-order valence-electron chi connectivity index (χ0n) is 5.82. The third kappa shape index (κ3) is 7.08. The van der Waals surface area contributed by atoms with Crippen LogP contribution in [0.1, 0.15) is 13.8 Å². The fourth-order valence-electron chi connectivity index (χ4n) is 0.297. The number of ether oxygens (including phenoxy) is 1. The van der Waals surface area contributed by atoms with Gasteiger partial charge in [0.1, 0.15) is 13.2 Å². The van der Waals surface area contributed by atoms with Crippen LogP contribution in [0.2, 0.25) is 0 Å². The molecule has 0 radical (unpaired) electrons. The van der Waals surface area contributed by atoms with E-state index in [1.165, 1.54) is 0 Å². The molecule has 0 amide bonds. The van der Waals surface area contributed by atoms with Crippen LogP contribution in [0.15, 0.2) is 0 Å². The molecule has 0 bridgehead atoms. The molecule has 0 saturated carbocycles. The molecule has 0 N–H and O–H groups in total. The average Bonchev–Trinajstić information content (AvgIpc) is 1.89. The minimum Gasteiger partial charge on any atom is -0.356 e. The van der Waals surface area contributed by atoms with Crippen LogP contribution in [0.5, 0.6) is 0 Å². The first-order valence-electron chi connectivity index (χ1n) is 2.78. The molecule has 0 fully saturated rings. The van der Waals surface area contributed by atoms with Gasteiger partial charge in [-0.25, -0.2) is 0 Å². The van der Waals surface area contributed by atoms with E-state index in [-0.39, 0.29) is 0 Å². The SMILES string of the molecule is CC#CCOCC#CC. The molecular formula is C8H10O. The molecule has 0 unspecified atom stereocenters. The minimum atomic E-state index is 0.491. The maximum Gasteiger partial charge on any atom is 0.109 e. The number of hydrogen-bond acceptors (Lipinski definition) is 1. The van der Waals surface area contributed by atoms with Crippen molar-refractivity contribution in [2.75, 3.05) is 13.2 Å². The van der Waals surface area contributed by atoms with E-state index in [2.05, 4.69) is 23.7 Å². The molecule has 0 aliphatic rings. The molecule has 1 heteroatoms.